The van der Waals surface area contributed by atoms with E-state index in [1.165, 1.54) is 6.20 Å². The Hall–Kier alpha value is -1.42. The monoisotopic (exact) mass is 191 g/mol. The third-order valence-corrected chi connectivity index (χ3v) is 2.50. The highest BCUT2D eigenvalue weighted by atomic mass is 16.1. The summed E-state index contributed by atoms with van der Waals surface area (Å²) in [5, 5.41) is 3.15. The largest absolute Gasteiger partial charge is 0.398 e. The van der Waals surface area contributed by atoms with Crippen LogP contribution in [0.5, 0.6) is 0 Å². The number of aromatic nitrogens is 1. The summed E-state index contributed by atoms with van der Waals surface area (Å²) in [6.07, 6.45) is 5.08. The normalized spacial score (nSPS) is 21.0. The molecule has 14 heavy (non-hydrogen) atoms. The summed E-state index contributed by atoms with van der Waals surface area (Å²) < 4.78 is 0. The lowest BCUT2D eigenvalue weighted by Gasteiger charge is -2.09. The summed E-state index contributed by atoms with van der Waals surface area (Å²) in [6, 6.07) is 1.59. The lowest BCUT2D eigenvalue weighted by molar-refractivity contribution is 0.0953. The van der Waals surface area contributed by atoms with E-state index < -0.39 is 0 Å². The quantitative estimate of drug-likeness (QED) is 0.672. The number of Topliss-reactive ketones (excluding diaryl/α,β-unsaturated/α-hetero) is 1. The first-order valence-corrected chi connectivity index (χ1v) is 4.76. The van der Waals surface area contributed by atoms with Crippen LogP contribution in [0.3, 0.4) is 0 Å². The van der Waals surface area contributed by atoms with E-state index in [4.69, 9.17) is 5.73 Å². The van der Waals surface area contributed by atoms with Gasteiger partial charge >= 0.3 is 0 Å². The zero-order valence-electron chi connectivity index (χ0n) is 7.86. The molecule has 1 saturated heterocycles. The fourth-order valence-corrected chi connectivity index (χ4v) is 1.71. The zero-order chi connectivity index (χ0) is 9.97. The lowest BCUT2D eigenvalue weighted by atomic mass is 10.0. The zero-order valence-corrected chi connectivity index (χ0v) is 7.86. The highest BCUT2D eigenvalue weighted by molar-refractivity contribution is 6.04. The SMILES string of the molecule is Nc1ccncc1C(=O)C1CCCN1. The summed E-state index contributed by atoms with van der Waals surface area (Å²) in [4.78, 5) is 15.8. The van der Waals surface area contributed by atoms with Crippen molar-refractivity contribution >= 4 is 11.5 Å². The van der Waals surface area contributed by atoms with E-state index in [1.807, 2.05) is 0 Å². The molecule has 0 spiro atoms. The molecule has 0 aromatic carbocycles. The topological polar surface area (TPSA) is 68.0 Å². The maximum atomic E-state index is 11.9. The third kappa shape index (κ3) is 1.61. The first kappa shape index (κ1) is 9.15. The van der Waals surface area contributed by atoms with Crippen LogP contribution in [0.1, 0.15) is 23.2 Å². The van der Waals surface area contributed by atoms with Gasteiger partial charge in [0.1, 0.15) is 0 Å². The van der Waals surface area contributed by atoms with Crippen molar-refractivity contribution in [2.24, 2.45) is 0 Å². The van der Waals surface area contributed by atoms with Crippen LogP contribution in [0.2, 0.25) is 0 Å². The maximum Gasteiger partial charge on any atom is 0.183 e. The minimum atomic E-state index is -0.0681. The van der Waals surface area contributed by atoms with E-state index in [-0.39, 0.29) is 11.8 Å². The van der Waals surface area contributed by atoms with Crippen LogP contribution in [0, 0.1) is 0 Å². The number of nitrogens with zero attached hydrogens (tertiary/aromatic N) is 1. The van der Waals surface area contributed by atoms with Crippen molar-refractivity contribution in [2.45, 2.75) is 18.9 Å². The fraction of sp³-hybridized carbons (Fsp3) is 0.400. The Bertz CT molecular complexity index is 345. The Kier molecular flexibility index (Phi) is 2.45. The van der Waals surface area contributed by atoms with Crippen LogP contribution in [-0.2, 0) is 0 Å². The number of hydrogen-bond acceptors (Lipinski definition) is 4. The molecule has 2 rings (SSSR count). The van der Waals surface area contributed by atoms with Gasteiger partial charge in [0.25, 0.3) is 0 Å². The lowest BCUT2D eigenvalue weighted by Crippen LogP contribution is -2.31. The van der Waals surface area contributed by atoms with Crippen molar-refractivity contribution in [3.05, 3.63) is 24.0 Å². The van der Waals surface area contributed by atoms with Crippen LogP contribution >= 0.6 is 0 Å². The smallest absolute Gasteiger partial charge is 0.183 e. The molecule has 0 amide bonds. The molecular formula is C10H13N3O. The number of ketones is 1. The van der Waals surface area contributed by atoms with E-state index in [0.29, 0.717) is 11.3 Å². The molecule has 1 aromatic heterocycles. The van der Waals surface area contributed by atoms with Gasteiger partial charge in [-0.05, 0) is 25.5 Å². The number of nitrogen functional groups attached to an aromatic ring is 1. The molecule has 4 heteroatoms. The van der Waals surface area contributed by atoms with Crippen molar-refractivity contribution in [2.75, 3.05) is 12.3 Å². The van der Waals surface area contributed by atoms with Crippen LogP contribution in [0.4, 0.5) is 5.69 Å². The van der Waals surface area contributed by atoms with Gasteiger partial charge in [0.15, 0.2) is 5.78 Å². The van der Waals surface area contributed by atoms with Gasteiger partial charge in [0.2, 0.25) is 0 Å². The molecule has 4 nitrogen and oxygen atoms in total. The molecule has 0 radical (unpaired) electrons. The molecule has 0 bridgehead atoms. The molecule has 0 saturated carbocycles. The number of nitrogens with two attached hydrogens (primary N) is 1. The van der Waals surface area contributed by atoms with Gasteiger partial charge in [0, 0.05) is 18.1 Å². The number of hydrogen-bond donors (Lipinski definition) is 2. The van der Waals surface area contributed by atoms with Gasteiger partial charge < -0.3 is 11.1 Å². The Morgan fingerprint density at radius 1 is 1.64 bits per heavy atom. The minimum absolute atomic E-state index is 0.0631. The second kappa shape index (κ2) is 3.75. The van der Waals surface area contributed by atoms with Crippen molar-refractivity contribution in [1.29, 1.82) is 0 Å². The van der Waals surface area contributed by atoms with Gasteiger partial charge in [-0.1, -0.05) is 0 Å². The second-order valence-corrected chi connectivity index (χ2v) is 3.48. The van der Waals surface area contributed by atoms with Crippen LogP contribution in [0.15, 0.2) is 18.5 Å². The highest BCUT2D eigenvalue weighted by Gasteiger charge is 2.24. The number of carbonyl (C=O) groups is 1. The molecule has 1 atom stereocenters. The molecule has 1 aliphatic rings. The molecule has 1 fully saturated rings. The van der Waals surface area contributed by atoms with Gasteiger partial charge in [-0.25, -0.2) is 0 Å². The Balaban J connectivity index is 2.22. The maximum absolute atomic E-state index is 11.9. The van der Waals surface area contributed by atoms with Crippen LogP contribution < -0.4 is 11.1 Å². The number of pyridine rings is 1. The summed E-state index contributed by atoms with van der Waals surface area (Å²) >= 11 is 0. The predicted octanol–water partition coefficient (Wildman–Crippen LogP) is 0.598. The summed E-state index contributed by atoms with van der Waals surface area (Å²) in [5.41, 5.74) is 6.75. The Labute approximate surface area is 82.5 Å². The third-order valence-electron chi connectivity index (χ3n) is 2.50. The summed E-state index contributed by atoms with van der Waals surface area (Å²) in [5.74, 6) is 0.0631. The average molecular weight is 191 g/mol. The standard InChI is InChI=1S/C10H13N3O/c11-8-3-5-12-6-7(8)10(14)9-2-1-4-13-9/h3,5-6,9,13H,1-2,4H2,(H2,11,12). The number of rotatable bonds is 2. The van der Waals surface area contributed by atoms with Gasteiger partial charge in [-0.3, -0.25) is 9.78 Å². The van der Waals surface area contributed by atoms with Gasteiger partial charge in [0.05, 0.1) is 11.6 Å². The molecule has 1 aromatic rings. The number of anilines is 1. The minimum Gasteiger partial charge on any atom is -0.398 e. The fourth-order valence-electron chi connectivity index (χ4n) is 1.71. The van der Waals surface area contributed by atoms with Crippen LogP contribution in [-0.4, -0.2) is 23.4 Å². The molecular weight excluding hydrogens is 178 g/mol. The number of carbonyl (C=O) groups excluding carboxylic acids is 1. The molecule has 1 aliphatic heterocycles. The number of nitrogens with one attached hydrogen (secondary N) is 1. The van der Waals surface area contributed by atoms with E-state index in [0.717, 1.165) is 19.4 Å². The molecule has 3 N–H and O–H groups in total. The van der Waals surface area contributed by atoms with E-state index in [1.54, 1.807) is 12.3 Å². The van der Waals surface area contributed by atoms with Crippen molar-refractivity contribution in [3.8, 4) is 0 Å². The first-order chi connectivity index (χ1) is 6.79. The second-order valence-electron chi connectivity index (χ2n) is 3.48. The van der Waals surface area contributed by atoms with Crippen molar-refractivity contribution < 1.29 is 4.79 Å². The molecule has 0 aliphatic carbocycles. The van der Waals surface area contributed by atoms with Gasteiger partial charge in [-0.2, -0.15) is 0 Å². The predicted molar refractivity (Wildman–Crippen MR) is 54.0 cm³/mol. The van der Waals surface area contributed by atoms with E-state index in [9.17, 15) is 4.79 Å². The Morgan fingerprint density at radius 2 is 2.50 bits per heavy atom. The van der Waals surface area contributed by atoms with Crippen molar-refractivity contribution in [3.63, 3.8) is 0 Å². The average Bonchev–Trinajstić information content (AvgIpc) is 2.70. The Morgan fingerprint density at radius 3 is 3.14 bits per heavy atom. The highest BCUT2D eigenvalue weighted by Crippen LogP contribution is 2.16. The molecule has 1 unspecified atom stereocenters. The van der Waals surface area contributed by atoms with E-state index >= 15 is 0 Å². The first-order valence-electron chi connectivity index (χ1n) is 4.76. The summed E-state index contributed by atoms with van der Waals surface area (Å²) in [6.45, 7) is 0.913. The summed E-state index contributed by atoms with van der Waals surface area (Å²) in [7, 11) is 0. The van der Waals surface area contributed by atoms with Crippen LogP contribution in [0.25, 0.3) is 0 Å². The van der Waals surface area contributed by atoms with Gasteiger partial charge in [-0.15, -0.1) is 0 Å². The molecule has 2 heterocycles. The van der Waals surface area contributed by atoms with E-state index in [2.05, 4.69) is 10.3 Å². The molecule has 74 valence electrons. The van der Waals surface area contributed by atoms with Crippen molar-refractivity contribution in [1.82, 2.24) is 10.3 Å².